The summed E-state index contributed by atoms with van der Waals surface area (Å²) in [6.07, 6.45) is -4.14. The Hall–Kier alpha value is -2.65. The second-order valence-corrected chi connectivity index (χ2v) is 8.34. The Bertz CT molecular complexity index is 1080. The first-order chi connectivity index (χ1) is 14.3. The van der Waals surface area contributed by atoms with Crippen molar-refractivity contribution >= 4 is 10.9 Å². The van der Waals surface area contributed by atoms with Crippen molar-refractivity contribution in [1.29, 1.82) is 0 Å². The summed E-state index contributed by atoms with van der Waals surface area (Å²) >= 11 is 0. The van der Waals surface area contributed by atoms with Crippen LogP contribution in [-0.2, 0) is 12.0 Å². The van der Waals surface area contributed by atoms with Crippen LogP contribution in [0.3, 0.4) is 0 Å². The molecule has 2 aromatic heterocycles. The van der Waals surface area contributed by atoms with Crippen molar-refractivity contribution in [3.8, 4) is 5.88 Å². The van der Waals surface area contributed by atoms with Gasteiger partial charge in [-0.1, -0.05) is 19.9 Å². The molecule has 0 bridgehead atoms. The lowest BCUT2D eigenvalue weighted by molar-refractivity contribution is -0.280. The molecular formula is C22H25F4N3O2. The van der Waals surface area contributed by atoms with Gasteiger partial charge in [0.15, 0.2) is 0 Å². The summed E-state index contributed by atoms with van der Waals surface area (Å²) in [7, 11) is 1.47. The number of aromatic nitrogens is 2. The van der Waals surface area contributed by atoms with Crippen LogP contribution < -0.4 is 10.1 Å². The van der Waals surface area contributed by atoms with Gasteiger partial charge in [-0.2, -0.15) is 13.2 Å². The first-order valence-corrected chi connectivity index (χ1v) is 9.67. The van der Waals surface area contributed by atoms with E-state index in [-0.39, 0.29) is 6.54 Å². The second-order valence-electron chi connectivity index (χ2n) is 8.34. The highest BCUT2D eigenvalue weighted by atomic mass is 19.4. The van der Waals surface area contributed by atoms with E-state index in [4.69, 9.17) is 4.74 Å². The molecule has 31 heavy (non-hydrogen) atoms. The number of methoxy groups -OCH3 is 1. The Morgan fingerprint density at radius 2 is 1.87 bits per heavy atom. The highest BCUT2D eigenvalue weighted by Gasteiger charge is 2.56. The summed E-state index contributed by atoms with van der Waals surface area (Å²) < 4.78 is 60.5. The predicted octanol–water partition coefficient (Wildman–Crippen LogP) is 4.73. The van der Waals surface area contributed by atoms with Crippen LogP contribution in [0.2, 0.25) is 0 Å². The first kappa shape index (κ1) is 23.0. The Kier molecular flexibility index (Phi) is 6.03. The molecule has 0 radical (unpaired) electrons. The van der Waals surface area contributed by atoms with Crippen LogP contribution in [0, 0.1) is 12.7 Å². The van der Waals surface area contributed by atoms with Crippen molar-refractivity contribution in [2.75, 3.05) is 7.11 Å². The van der Waals surface area contributed by atoms with Gasteiger partial charge >= 0.3 is 6.18 Å². The third-order valence-electron chi connectivity index (χ3n) is 5.41. The van der Waals surface area contributed by atoms with Gasteiger partial charge in [0, 0.05) is 30.1 Å². The third kappa shape index (κ3) is 4.83. The molecule has 0 spiro atoms. The lowest BCUT2D eigenvalue weighted by atomic mass is 9.75. The van der Waals surface area contributed by atoms with E-state index >= 15 is 0 Å². The Morgan fingerprint density at radius 1 is 1.16 bits per heavy atom. The van der Waals surface area contributed by atoms with Crippen molar-refractivity contribution in [3.05, 3.63) is 59.2 Å². The van der Waals surface area contributed by atoms with Gasteiger partial charge in [0.1, 0.15) is 5.82 Å². The van der Waals surface area contributed by atoms with Crippen LogP contribution in [0.4, 0.5) is 17.6 Å². The maximum atomic E-state index is 13.9. The van der Waals surface area contributed by atoms with Gasteiger partial charge < -0.3 is 14.8 Å². The van der Waals surface area contributed by atoms with E-state index in [1.807, 2.05) is 0 Å². The number of H-pyrrole nitrogens is 1. The van der Waals surface area contributed by atoms with Crippen molar-refractivity contribution in [3.63, 3.8) is 0 Å². The molecule has 1 atom stereocenters. The average molecular weight is 439 g/mol. The molecule has 3 aromatic rings. The minimum atomic E-state index is -4.96. The van der Waals surface area contributed by atoms with Crippen LogP contribution in [0.15, 0.2) is 36.5 Å². The number of rotatable bonds is 7. The first-order valence-electron chi connectivity index (χ1n) is 9.67. The molecule has 1 aromatic carbocycles. The Morgan fingerprint density at radius 3 is 2.52 bits per heavy atom. The maximum absolute atomic E-state index is 13.9. The quantitative estimate of drug-likeness (QED) is 0.368. The molecule has 5 nitrogen and oxygen atoms in total. The monoisotopic (exact) mass is 439 g/mol. The molecule has 0 aliphatic carbocycles. The van der Waals surface area contributed by atoms with Crippen molar-refractivity contribution in [2.24, 2.45) is 0 Å². The zero-order valence-corrected chi connectivity index (χ0v) is 17.7. The number of aliphatic hydroxyl groups is 1. The molecule has 9 heteroatoms. The summed E-state index contributed by atoms with van der Waals surface area (Å²) in [5.74, 6) is -0.163. The van der Waals surface area contributed by atoms with Gasteiger partial charge in [-0.3, -0.25) is 5.32 Å². The number of pyridine rings is 1. The molecule has 0 fully saturated rings. The minimum Gasteiger partial charge on any atom is -0.481 e. The SMILES string of the molecule is COc1cc2cc(CNC(O)(CC(C)(C)c3cc(F)ccc3C)C(F)(F)F)[nH]c2cn1. The van der Waals surface area contributed by atoms with Gasteiger partial charge in [-0.05, 0) is 41.7 Å². The summed E-state index contributed by atoms with van der Waals surface area (Å²) in [6.45, 7) is 4.52. The number of hydrogen-bond acceptors (Lipinski definition) is 4. The van der Waals surface area contributed by atoms with Crippen LogP contribution in [0.25, 0.3) is 10.9 Å². The Labute approximate surface area is 177 Å². The van der Waals surface area contributed by atoms with Crippen LogP contribution in [-0.4, -0.2) is 34.1 Å². The Balaban J connectivity index is 1.86. The number of fused-ring (bicyclic) bond motifs is 1. The van der Waals surface area contributed by atoms with Gasteiger partial charge in [0.05, 0.1) is 18.8 Å². The number of benzene rings is 1. The fourth-order valence-corrected chi connectivity index (χ4v) is 3.84. The average Bonchev–Trinajstić information content (AvgIpc) is 3.09. The molecule has 168 valence electrons. The number of ether oxygens (including phenoxy) is 1. The van der Waals surface area contributed by atoms with E-state index in [2.05, 4.69) is 15.3 Å². The molecule has 0 saturated carbocycles. The number of hydrogen-bond donors (Lipinski definition) is 3. The highest BCUT2D eigenvalue weighted by Crippen LogP contribution is 2.41. The number of alkyl halides is 3. The van der Waals surface area contributed by atoms with E-state index in [9.17, 15) is 22.7 Å². The predicted molar refractivity (Wildman–Crippen MR) is 109 cm³/mol. The van der Waals surface area contributed by atoms with Crippen molar-refractivity contribution < 1.29 is 27.4 Å². The normalized spacial score (nSPS) is 14.6. The van der Waals surface area contributed by atoms with Crippen molar-refractivity contribution in [2.45, 2.75) is 51.1 Å². The number of nitrogens with zero attached hydrogens (tertiary/aromatic N) is 1. The summed E-state index contributed by atoms with van der Waals surface area (Å²) in [6, 6.07) is 7.29. The number of aryl methyl sites for hydroxylation is 1. The topological polar surface area (TPSA) is 70.2 Å². The summed E-state index contributed by atoms with van der Waals surface area (Å²) in [5, 5.41) is 13.6. The number of aromatic amines is 1. The van der Waals surface area contributed by atoms with Gasteiger partial charge in [0.2, 0.25) is 11.6 Å². The molecule has 3 rings (SSSR count). The van der Waals surface area contributed by atoms with Crippen LogP contribution in [0.5, 0.6) is 5.88 Å². The maximum Gasteiger partial charge on any atom is 0.431 e. The molecule has 0 aliphatic rings. The largest absolute Gasteiger partial charge is 0.481 e. The van der Waals surface area contributed by atoms with Gasteiger partial charge in [-0.15, -0.1) is 0 Å². The molecule has 0 aliphatic heterocycles. The van der Waals surface area contributed by atoms with Crippen molar-refractivity contribution in [1.82, 2.24) is 15.3 Å². The molecule has 0 saturated heterocycles. The number of halogens is 4. The van der Waals surface area contributed by atoms with Crippen LogP contribution >= 0.6 is 0 Å². The third-order valence-corrected chi connectivity index (χ3v) is 5.41. The molecule has 2 heterocycles. The summed E-state index contributed by atoms with van der Waals surface area (Å²) in [4.78, 5) is 7.02. The lowest BCUT2D eigenvalue weighted by Gasteiger charge is -2.39. The second kappa shape index (κ2) is 8.12. The molecule has 0 amide bonds. The summed E-state index contributed by atoms with van der Waals surface area (Å²) in [5.41, 5.74) is -2.24. The van der Waals surface area contributed by atoms with E-state index < -0.39 is 29.6 Å². The molecular weight excluding hydrogens is 414 g/mol. The zero-order valence-electron chi connectivity index (χ0n) is 17.7. The fourth-order valence-electron chi connectivity index (χ4n) is 3.84. The molecule has 3 N–H and O–H groups in total. The van der Waals surface area contributed by atoms with Gasteiger partial charge in [0.25, 0.3) is 0 Å². The van der Waals surface area contributed by atoms with Gasteiger partial charge in [-0.25, -0.2) is 9.37 Å². The number of nitrogens with one attached hydrogen (secondary N) is 2. The smallest absolute Gasteiger partial charge is 0.431 e. The lowest BCUT2D eigenvalue weighted by Crippen LogP contribution is -2.59. The van der Waals surface area contributed by atoms with E-state index in [1.54, 1.807) is 32.9 Å². The van der Waals surface area contributed by atoms with E-state index in [0.717, 1.165) is 5.39 Å². The van der Waals surface area contributed by atoms with E-state index in [1.165, 1.54) is 31.5 Å². The van der Waals surface area contributed by atoms with Crippen LogP contribution in [0.1, 0.15) is 37.1 Å². The standard InChI is InChI=1S/C22H25F4N3O2/c1-13-5-6-15(23)9-17(13)20(2,3)12-21(30,22(24,25)26)28-10-16-7-14-8-19(31-4)27-11-18(14)29-16/h5-9,11,28-30H,10,12H2,1-4H3. The zero-order chi connectivity index (χ0) is 23.0. The van der Waals surface area contributed by atoms with E-state index in [0.29, 0.717) is 28.2 Å². The minimum absolute atomic E-state index is 0.273. The highest BCUT2D eigenvalue weighted by molar-refractivity contribution is 5.80. The fraction of sp³-hybridized carbons (Fsp3) is 0.409. The molecule has 1 unspecified atom stereocenters.